The summed E-state index contributed by atoms with van der Waals surface area (Å²) >= 11 is 0. The lowest BCUT2D eigenvalue weighted by Gasteiger charge is -2.19. The third-order valence-electron chi connectivity index (χ3n) is 3.02. The molecule has 5 heteroatoms. The van der Waals surface area contributed by atoms with Gasteiger partial charge in [0.05, 0.1) is 12.7 Å². The van der Waals surface area contributed by atoms with Gasteiger partial charge in [-0.2, -0.15) is 4.98 Å². The lowest BCUT2D eigenvalue weighted by Crippen LogP contribution is -2.27. The Morgan fingerprint density at radius 3 is 2.94 bits per heavy atom. The van der Waals surface area contributed by atoms with Gasteiger partial charge in [0.25, 0.3) is 0 Å². The Hall–Kier alpha value is -1.36. The summed E-state index contributed by atoms with van der Waals surface area (Å²) in [7, 11) is 0. The molecular weight excluding hydrogens is 230 g/mol. The fourth-order valence-electron chi connectivity index (χ4n) is 1.99. The number of hydrogen-bond acceptors (Lipinski definition) is 5. The lowest BCUT2D eigenvalue weighted by molar-refractivity contribution is 0.183. The highest BCUT2D eigenvalue weighted by molar-refractivity contribution is 5.29. The Morgan fingerprint density at radius 2 is 2.28 bits per heavy atom. The summed E-state index contributed by atoms with van der Waals surface area (Å²) in [6.07, 6.45) is 2.93. The predicted molar refractivity (Wildman–Crippen MR) is 69.8 cm³/mol. The summed E-state index contributed by atoms with van der Waals surface area (Å²) in [5.74, 6) is 1.76. The molecule has 0 aromatic carbocycles. The van der Waals surface area contributed by atoms with Crippen LogP contribution in [0.3, 0.4) is 0 Å². The average Bonchev–Trinajstić information content (AvgIpc) is 2.81. The van der Waals surface area contributed by atoms with Crippen LogP contribution in [0.15, 0.2) is 12.3 Å². The second-order valence-electron chi connectivity index (χ2n) is 4.94. The first-order valence-electron chi connectivity index (χ1n) is 6.49. The summed E-state index contributed by atoms with van der Waals surface area (Å²) in [4.78, 5) is 8.55. The molecule has 0 saturated carbocycles. The maximum Gasteiger partial charge on any atom is 0.226 e. The monoisotopic (exact) mass is 251 g/mol. The SMILES string of the molecule is CC(C)Oc1ccnc(NC(C)C2CCOC2)n1. The van der Waals surface area contributed by atoms with Crippen LogP contribution in [0.1, 0.15) is 27.2 Å². The van der Waals surface area contributed by atoms with Gasteiger partial charge in [-0.3, -0.25) is 0 Å². The number of nitrogens with one attached hydrogen (secondary N) is 1. The Labute approximate surface area is 108 Å². The van der Waals surface area contributed by atoms with E-state index in [4.69, 9.17) is 9.47 Å². The van der Waals surface area contributed by atoms with Gasteiger partial charge in [-0.25, -0.2) is 4.98 Å². The quantitative estimate of drug-likeness (QED) is 0.868. The highest BCUT2D eigenvalue weighted by Crippen LogP contribution is 2.19. The molecule has 0 amide bonds. The Kier molecular flexibility index (Phi) is 4.36. The molecule has 1 aliphatic heterocycles. The molecule has 2 atom stereocenters. The fourth-order valence-corrected chi connectivity index (χ4v) is 1.99. The van der Waals surface area contributed by atoms with Crippen molar-refractivity contribution in [2.24, 2.45) is 5.92 Å². The van der Waals surface area contributed by atoms with Crippen LogP contribution in [0.2, 0.25) is 0 Å². The molecule has 5 nitrogen and oxygen atoms in total. The van der Waals surface area contributed by atoms with Crippen molar-refractivity contribution in [1.82, 2.24) is 9.97 Å². The molecule has 0 spiro atoms. The summed E-state index contributed by atoms with van der Waals surface area (Å²) in [6.45, 7) is 7.77. The smallest absolute Gasteiger partial charge is 0.226 e. The largest absolute Gasteiger partial charge is 0.475 e. The summed E-state index contributed by atoms with van der Waals surface area (Å²) < 4.78 is 10.9. The van der Waals surface area contributed by atoms with Crippen molar-refractivity contribution >= 4 is 5.95 Å². The molecule has 2 heterocycles. The van der Waals surface area contributed by atoms with E-state index >= 15 is 0 Å². The van der Waals surface area contributed by atoms with Crippen molar-refractivity contribution in [1.29, 1.82) is 0 Å². The topological polar surface area (TPSA) is 56.3 Å². The van der Waals surface area contributed by atoms with Crippen molar-refractivity contribution in [2.75, 3.05) is 18.5 Å². The van der Waals surface area contributed by atoms with Crippen LogP contribution >= 0.6 is 0 Å². The van der Waals surface area contributed by atoms with Crippen molar-refractivity contribution < 1.29 is 9.47 Å². The van der Waals surface area contributed by atoms with Crippen LogP contribution < -0.4 is 10.1 Å². The molecule has 18 heavy (non-hydrogen) atoms. The molecule has 1 saturated heterocycles. The predicted octanol–water partition coefficient (Wildman–Crippen LogP) is 2.10. The van der Waals surface area contributed by atoms with E-state index < -0.39 is 0 Å². The second kappa shape index (κ2) is 6.00. The normalized spacial score (nSPS) is 21.0. The third-order valence-corrected chi connectivity index (χ3v) is 3.02. The first kappa shape index (κ1) is 13.1. The van der Waals surface area contributed by atoms with Crippen LogP contribution in [0.25, 0.3) is 0 Å². The molecule has 1 aromatic rings. The van der Waals surface area contributed by atoms with Gasteiger partial charge in [-0.05, 0) is 27.2 Å². The maximum absolute atomic E-state index is 5.55. The van der Waals surface area contributed by atoms with Crippen LogP contribution in [-0.4, -0.2) is 35.3 Å². The van der Waals surface area contributed by atoms with Crippen molar-refractivity contribution in [3.8, 4) is 5.88 Å². The van der Waals surface area contributed by atoms with Crippen LogP contribution in [0.5, 0.6) is 5.88 Å². The van der Waals surface area contributed by atoms with Gasteiger partial charge in [-0.1, -0.05) is 0 Å². The number of aromatic nitrogens is 2. The Bertz CT molecular complexity index is 378. The Morgan fingerprint density at radius 1 is 1.44 bits per heavy atom. The van der Waals surface area contributed by atoms with E-state index in [0.29, 0.717) is 23.8 Å². The zero-order chi connectivity index (χ0) is 13.0. The zero-order valence-corrected chi connectivity index (χ0v) is 11.2. The van der Waals surface area contributed by atoms with Gasteiger partial charge < -0.3 is 14.8 Å². The van der Waals surface area contributed by atoms with E-state index in [1.165, 1.54) is 0 Å². The number of rotatable bonds is 5. The minimum Gasteiger partial charge on any atom is -0.475 e. The third kappa shape index (κ3) is 3.57. The fraction of sp³-hybridized carbons (Fsp3) is 0.692. The van der Waals surface area contributed by atoms with E-state index in [9.17, 15) is 0 Å². The lowest BCUT2D eigenvalue weighted by atomic mass is 10.0. The van der Waals surface area contributed by atoms with Crippen molar-refractivity contribution in [3.63, 3.8) is 0 Å². The molecule has 2 rings (SSSR count). The summed E-state index contributed by atoms with van der Waals surface area (Å²) in [6, 6.07) is 2.08. The van der Waals surface area contributed by atoms with Gasteiger partial charge in [0, 0.05) is 30.8 Å². The van der Waals surface area contributed by atoms with Gasteiger partial charge in [0.15, 0.2) is 0 Å². The number of nitrogens with zero attached hydrogens (tertiary/aromatic N) is 2. The molecular formula is C13H21N3O2. The van der Waals surface area contributed by atoms with E-state index in [1.54, 1.807) is 12.3 Å². The van der Waals surface area contributed by atoms with Crippen LogP contribution in [-0.2, 0) is 4.74 Å². The molecule has 1 fully saturated rings. The first-order valence-corrected chi connectivity index (χ1v) is 6.49. The van der Waals surface area contributed by atoms with Gasteiger partial charge in [-0.15, -0.1) is 0 Å². The van der Waals surface area contributed by atoms with Crippen molar-refractivity contribution in [2.45, 2.75) is 39.3 Å². The Balaban J connectivity index is 1.95. The van der Waals surface area contributed by atoms with Crippen LogP contribution in [0.4, 0.5) is 5.95 Å². The van der Waals surface area contributed by atoms with Crippen LogP contribution in [0, 0.1) is 5.92 Å². The van der Waals surface area contributed by atoms with Gasteiger partial charge in [0.2, 0.25) is 11.8 Å². The van der Waals surface area contributed by atoms with Crippen molar-refractivity contribution in [3.05, 3.63) is 12.3 Å². The minimum absolute atomic E-state index is 0.119. The van der Waals surface area contributed by atoms with E-state index in [2.05, 4.69) is 22.2 Å². The summed E-state index contributed by atoms with van der Waals surface area (Å²) in [5, 5.41) is 3.32. The molecule has 1 aromatic heterocycles. The van der Waals surface area contributed by atoms with Gasteiger partial charge >= 0.3 is 0 Å². The van der Waals surface area contributed by atoms with E-state index in [0.717, 1.165) is 19.6 Å². The minimum atomic E-state index is 0.119. The average molecular weight is 251 g/mol. The molecule has 2 unspecified atom stereocenters. The van der Waals surface area contributed by atoms with Gasteiger partial charge in [0.1, 0.15) is 0 Å². The maximum atomic E-state index is 5.55. The molecule has 0 radical (unpaired) electrons. The molecule has 1 N–H and O–H groups in total. The van der Waals surface area contributed by atoms with E-state index in [1.807, 2.05) is 13.8 Å². The molecule has 0 aliphatic carbocycles. The van der Waals surface area contributed by atoms with E-state index in [-0.39, 0.29) is 6.10 Å². The number of anilines is 1. The second-order valence-corrected chi connectivity index (χ2v) is 4.94. The molecule has 100 valence electrons. The molecule has 0 bridgehead atoms. The number of ether oxygens (including phenoxy) is 2. The highest BCUT2D eigenvalue weighted by Gasteiger charge is 2.22. The standard InChI is InChI=1S/C13H21N3O2/c1-9(2)18-12-4-6-14-13(16-12)15-10(3)11-5-7-17-8-11/h4,6,9-11H,5,7-8H2,1-3H3,(H,14,15,16). The number of hydrogen-bond donors (Lipinski definition) is 1. The molecule has 1 aliphatic rings. The first-order chi connectivity index (χ1) is 8.65. The summed E-state index contributed by atoms with van der Waals surface area (Å²) in [5.41, 5.74) is 0. The highest BCUT2D eigenvalue weighted by atomic mass is 16.5. The zero-order valence-electron chi connectivity index (χ0n) is 11.2.